The Morgan fingerprint density at radius 1 is 1.11 bits per heavy atom. The molecule has 2 unspecified atom stereocenters. The second-order valence-electron chi connectivity index (χ2n) is 4.23. The van der Waals surface area contributed by atoms with Gasteiger partial charge in [0.15, 0.2) is 0 Å². The van der Waals surface area contributed by atoms with Crippen molar-refractivity contribution in [2.24, 2.45) is 0 Å². The van der Waals surface area contributed by atoms with Gasteiger partial charge in [-0.15, -0.1) is 0 Å². The Bertz CT molecular complexity index is 250. The van der Waals surface area contributed by atoms with E-state index in [2.05, 4.69) is 10.1 Å². The molecule has 2 atom stereocenters. The summed E-state index contributed by atoms with van der Waals surface area (Å²) < 4.78 is 78.2. The average molecular weight is 279 g/mol. The fraction of sp³-hybridized carbons (Fsp3) is 1.00. The Labute approximate surface area is 101 Å². The van der Waals surface area contributed by atoms with Crippen LogP contribution < -0.4 is 5.32 Å². The molecule has 1 N–H and O–H groups in total. The third kappa shape index (κ3) is 4.01. The van der Waals surface area contributed by atoms with Crippen LogP contribution >= 0.6 is 0 Å². The molecule has 0 aromatic heterocycles. The third-order valence-corrected chi connectivity index (χ3v) is 2.82. The van der Waals surface area contributed by atoms with Crippen molar-refractivity contribution in [2.75, 3.05) is 6.54 Å². The van der Waals surface area contributed by atoms with Gasteiger partial charge in [0.05, 0.1) is 6.10 Å². The summed E-state index contributed by atoms with van der Waals surface area (Å²) in [7, 11) is 0. The van der Waals surface area contributed by atoms with Crippen LogP contribution in [0.3, 0.4) is 0 Å². The highest BCUT2D eigenvalue weighted by atomic mass is 19.4. The number of hydrogen-bond acceptors (Lipinski definition) is 2. The lowest BCUT2D eigenvalue weighted by molar-refractivity contribution is -0.331. The summed E-state index contributed by atoms with van der Waals surface area (Å²) in [5.41, 5.74) is 0. The maximum absolute atomic E-state index is 12.3. The van der Waals surface area contributed by atoms with Crippen molar-refractivity contribution in [3.8, 4) is 0 Å². The van der Waals surface area contributed by atoms with Gasteiger partial charge in [-0.3, -0.25) is 0 Å². The van der Waals surface area contributed by atoms with Gasteiger partial charge in [-0.25, -0.2) is 0 Å². The number of nitrogens with one attached hydrogen (secondary N) is 1. The number of rotatable bonds is 4. The van der Waals surface area contributed by atoms with Gasteiger partial charge in [0.1, 0.15) is 0 Å². The van der Waals surface area contributed by atoms with Crippen LogP contribution in [0, 0.1) is 0 Å². The molecule has 8 heteroatoms. The van der Waals surface area contributed by atoms with Gasteiger partial charge in [0.2, 0.25) is 6.10 Å². The molecule has 1 aliphatic carbocycles. The summed E-state index contributed by atoms with van der Waals surface area (Å²) in [5, 5.41) is 2.84. The fourth-order valence-corrected chi connectivity index (χ4v) is 2.10. The minimum atomic E-state index is -5.43. The van der Waals surface area contributed by atoms with Crippen molar-refractivity contribution >= 4 is 0 Å². The molecule has 0 spiro atoms. The molecular weight excluding hydrogens is 264 g/mol. The van der Waals surface area contributed by atoms with Crippen LogP contribution in [-0.4, -0.2) is 37.1 Å². The van der Waals surface area contributed by atoms with Gasteiger partial charge in [0, 0.05) is 6.04 Å². The second-order valence-corrected chi connectivity index (χ2v) is 4.23. The number of alkyl halides is 6. The summed E-state index contributed by atoms with van der Waals surface area (Å²) in [6, 6.07) is -0.442. The van der Waals surface area contributed by atoms with Crippen LogP contribution in [-0.2, 0) is 4.74 Å². The first kappa shape index (κ1) is 15.6. The van der Waals surface area contributed by atoms with Crippen LogP contribution in [0.1, 0.15) is 26.2 Å². The maximum Gasteiger partial charge on any atom is 0.423 e. The topological polar surface area (TPSA) is 21.3 Å². The number of ether oxygens (including phenoxy) is 1. The highest BCUT2D eigenvalue weighted by molar-refractivity contribution is 4.87. The normalized spacial score (nSPS) is 26.0. The molecule has 1 aliphatic rings. The molecule has 0 aromatic carbocycles. The molecule has 0 heterocycles. The minimum absolute atomic E-state index is 0.209. The summed E-state index contributed by atoms with van der Waals surface area (Å²) in [5.74, 6) is 0. The second kappa shape index (κ2) is 5.64. The fourth-order valence-electron chi connectivity index (χ4n) is 2.10. The SMILES string of the molecule is CCNC1CCCC1OC(C(F)(F)F)C(F)(F)F. The molecule has 0 radical (unpaired) electrons. The number of hydrogen-bond donors (Lipinski definition) is 1. The van der Waals surface area contributed by atoms with Gasteiger partial charge in [0.25, 0.3) is 0 Å². The van der Waals surface area contributed by atoms with E-state index in [1.54, 1.807) is 6.92 Å². The highest BCUT2D eigenvalue weighted by Gasteiger charge is 2.59. The predicted octanol–water partition coefficient (Wildman–Crippen LogP) is 3.03. The van der Waals surface area contributed by atoms with Crippen LogP contribution in [0.25, 0.3) is 0 Å². The van der Waals surface area contributed by atoms with E-state index in [1.165, 1.54) is 0 Å². The first-order valence-electron chi connectivity index (χ1n) is 5.68. The van der Waals surface area contributed by atoms with Crippen molar-refractivity contribution < 1.29 is 31.1 Å². The minimum Gasteiger partial charge on any atom is -0.356 e. The molecule has 0 aliphatic heterocycles. The van der Waals surface area contributed by atoms with Crippen molar-refractivity contribution in [3.05, 3.63) is 0 Å². The van der Waals surface area contributed by atoms with E-state index < -0.39 is 30.6 Å². The van der Waals surface area contributed by atoms with E-state index in [1.807, 2.05) is 0 Å². The zero-order valence-electron chi connectivity index (χ0n) is 9.74. The van der Waals surface area contributed by atoms with Crippen molar-refractivity contribution in [1.29, 1.82) is 0 Å². The summed E-state index contributed by atoms with van der Waals surface area (Å²) >= 11 is 0. The molecule has 2 nitrogen and oxygen atoms in total. The van der Waals surface area contributed by atoms with Gasteiger partial charge in [-0.2, -0.15) is 26.3 Å². The largest absolute Gasteiger partial charge is 0.423 e. The van der Waals surface area contributed by atoms with Crippen LogP contribution in [0.15, 0.2) is 0 Å². The van der Waals surface area contributed by atoms with Crippen LogP contribution in [0.5, 0.6) is 0 Å². The predicted molar refractivity (Wildman–Crippen MR) is 52.1 cm³/mol. The molecule has 0 bridgehead atoms. The first-order valence-corrected chi connectivity index (χ1v) is 5.68. The molecule has 1 saturated carbocycles. The van der Waals surface area contributed by atoms with Crippen LogP contribution in [0.2, 0.25) is 0 Å². The van der Waals surface area contributed by atoms with Gasteiger partial charge < -0.3 is 10.1 Å². The molecule has 18 heavy (non-hydrogen) atoms. The lowest BCUT2D eigenvalue weighted by atomic mass is 10.2. The zero-order chi connectivity index (χ0) is 14.0. The van der Waals surface area contributed by atoms with E-state index >= 15 is 0 Å². The Kier molecular flexibility index (Phi) is 4.88. The van der Waals surface area contributed by atoms with Crippen molar-refractivity contribution in [1.82, 2.24) is 5.32 Å². The Morgan fingerprint density at radius 2 is 1.67 bits per heavy atom. The summed E-state index contributed by atoms with van der Waals surface area (Å²) in [6.45, 7) is 2.22. The van der Waals surface area contributed by atoms with Gasteiger partial charge >= 0.3 is 12.4 Å². The van der Waals surface area contributed by atoms with E-state index in [4.69, 9.17) is 0 Å². The lowest BCUT2D eigenvalue weighted by Crippen LogP contribution is -2.49. The molecule has 108 valence electrons. The average Bonchev–Trinajstić information content (AvgIpc) is 2.59. The van der Waals surface area contributed by atoms with E-state index in [0.29, 0.717) is 19.4 Å². The number of likely N-dealkylation sites (N-methyl/N-ethyl adjacent to an activating group) is 1. The highest BCUT2D eigenvalue weighted by Crippen LogP contribution is 2.38. The third-order valence-electron chi connectivity index (χ3n) is 2.82. The van der Waals surface area contributed by atoms with Crippen molar-refractivity contribution in [3.63, 3.8) is 0 Å². The quantitative estimate of drug-likeness (QED) is 0.799. The Hall–Kier alpha value is -0.500. The molecule has 1 rings (SSSR count). The molecule has 0 saturated heterocycles. The van der Waals surface area contributed by atoms with E-state index in [-0.39, 0.29) is 6.42 Å². The van der Waals surface area contributed by atoms with Crippen molar-refractivity contribution in [2.45, 2.75) is 56.8 Å². The Morgan fingerprint density at radius 3 is 2.11 bits per heavy atom. The zero-order valence-corrected chi connectivity index (χ0v) is 9.74. The molecule has 0 amide bonds. The summed E-state index contributed by atoms with van der Waals surface area (Å²) in [4.78, 5) is 0. The monoisotopic (exact) mass is 279 g/mol. The molecular formula is C10H15F6NO. The van der Waals surface area contributed by atoms with Gasteiger partial charge in [-0.1, -0.05) is 6.92 Å². The smallest absolute Gasteiger partial charge is 0.356 e. The molecule has 1 fully saturated rings. The Balaban J connectivity index is 2.72. The standard InChI is InChI=1S/C10H15F6NO/c1-2-17-6-4-3-5-7(6)18-8(9(11,12)13)10(14,15)16/h6-8,17H,2-5H2,1H3. The number of halogens is 6. The molecule has 0 aromatic rings. The van der Waals surface area contributed by atoms with E-state index in [9.17, 15) is 26.3 Å². The van der Waals surface area contributed by atoms with E-state index in [0.717, 1.165) is 0 Å². The lowest BCUT2D eigenvalue weighted by Gasteiger charge is -2.29. The maximum atomic E-state index is 12.3. The van der Waals surface area contributed by atoms with Crippen LogP contribution in [0.4, 0.5) is 26.3 Å². The summed E-state index contributed by atoms with van der Waals surface area (Å²) in [6.07, 6.45) is -14.3. The van der Waals surface area contributed by atoms with Gasteiger partial charge in [-0.05, 0) is 25.8 Å². The first-order chi connectivity index (χ1) is 8.16.